The van der Waals surface area contributed by atoms with Crippen LogP contribution in [0.15, 0.2) is 29.4 Å². The molecule has 0 aliphatic carbocycles. The van der Waals surface area contributed by atoms with Crippen LogP contribution in [0.3, 0.4) is 0 Å². The Bertz CT molecular complexity index is 746. The molecule has 6 heteroatoms. The molecule has 0 N–H and O–H groups in total. The molecule has 2 aromatic rings. The molecule has 2 rings (SSSR count). The first kappa shape index (κ1) is 20.5. The lowest BCUT2D eigenvalue weighted by Crippen LogP contribution is -2.45. The number of nitrogens with zero attached hydrogens (tertiary/aromatic N) is 4. The van der Waals surface area contributed by atoms with Crippen molar-refractivity contribution in [3.05, 3.63) is 29.8 Å². The SMILES string of the molecule is CCn1c(SC(C)C(=O)N(C(C)C)C(C)C)nnc1-c1cccc(C)c1. The standard InChI is InChI=1S/C20H30N4OS/c1-8-23-18(17-11-9-10-15(6)12-17)21-22-20(23)26-16(7)19(25)24(13(2)3)14(4)5/h9-14,16H,8H2,1-7H3. The van der Waals surface area contributed by atoms with Crippen molar-refractivity contribution in [2.24, 2.45) is 0 Å². The molecule has 26 heavy (non-hydrogen) atoms. The lowest BCUT2D eigenvalue weighted by molar-refractivity contribution is -0.133. The highest BCUT2D eigenvalue weighted by Crippen LogP contribution is 2.28. The molecular weight excluding hydrogens is 344 g/mol. The minimum absolute atomic E-state index is 0.141. The van der Waals surface area contributed by atoms with Crippen molar-refractivity contribution in [2.45, 2.75) is 77.5 Å². The summed E-state index contributed by atoms with van der Waals surface area (Å²) in [6.45, 7) is 15.1. The van der Waals surface area contributed by atoms with Gasteiger partial charge >= 0.3 is 0 Å². The average Bonchev–Trinajstić information content (AvgIpc) is 2.96. The van der Waals surface area contributed by atoms with Gasteiger partial charge in [-0.1, -0.05) is 35.5 Å². The Morgan fingerprint density at radius 2 is 1.81 bits per heavy atom. The van der Waals surface area contributed by atoms with Crippen LogP contribution in [0.4, 0.5) is 0 Å². The molecule has 0 aliphatic rings. The normalized spacial score (nSPS) is 12.7. The van der Waals surface area contributed by atoms with Gasteiger partial charge in [-0.3, -0.25) is 4.79 Å². The second-order valence-electron chi connectivity index (χ2n) is 7.11. The average molecular weight is 375 g/mol. The summed E-state index contributed by atoms with van der Waals surface area (Å²) < 4.78 is 2.08. The van der Waals surface area contributed by atoms with Crippen LogP contribution in [0.2, 0.25) is 0 Å². The van der Waals surface area contributed by atoms with Gasteiger partial charge in [0.25, 0.3) is 0 Å². The molecule has 0 saturated heterocycles. The number of aromatic nitrogens is 3. The number of hydrogen-bond acceptors (Lipinski definition) is 4. The van der Waals surface area contributed by atoms with E-state index in [9.17, 15) is 4.79 Å². The van der Waals surface area contributed by atoms with Gasteiger partial charge in [0.15, 0.2) is 11.0 Å². The minimum Gasteiger partial charge on any atom is -0.337 e. The minimum atomic E-state index is -0.209. The first-order valence-electron chi connectivity index (χ1n) is 9.25. The topological polar surface area (TPSA) is 51.0 Å². The third kappa shape index (κ3) is 4.47. The molecule has 0 fully saturated rings. The molecular formula is C20H30N4OS. The summed E-state index contributed by atoms with van der Waals surface area (Å²) in [5.74, 6) is 0.991. The predicted octanol–water partition coefficient (Wildman–Crippen LogP) is 4.40. The summed E-state index contributed by atoms with van der Waals surface area (Å²) in [7, 11) is 0. The summed E-state index contributed by atoms with van der Waals surface area (Å²) >= 11 is 1.48. The second kappa shape index (κ2) is 8.71. The highest BCUT2D eigenvalue weighted by molar-refractivity contribution is 8.00. The summed E-state index contributed by atoms with van der Waals surface area (Å²) in [6.07, 6.45) is 0. The monoisotopic (exact) mass is 374 g/mol. The van der Waals surface area contributed by atoms with Gasteiger partial charge < -0.3 is 9.47 Å². The van der Waals surface area contributed by atoms with Crippen LogP contribution >= 0.6 is 11.8 Å². The van der Waals surface area contributed by atoms with Crippen molar-refractivity contribution in [3.63, 3.8) is 0 Å². The summed E-state index contributed by atoms with van der Waals surface area (Å²) in [5, 5.41) is 9.34. The van der Waals surface area contributed by atoms with E-state index >= 15 is 0 Å². The Morgan fingerprint density at radius 3 is 2.35 bits per heavy atom. The smallest absolute Gasteiger partial charge is 0.236 e. The molecule has 0 bridgehead atoms. The Hall–Kier alpha value is -1.82. The molecule has 1 amide bonds. The predicted molar refractivity (Wildman–Crippen MR) is 108 cm³/mol. The van der Waals surface area contributed by atoms with Gasteiger partial charge in [-0.2, -0.15) is 0 Å². The molecule has 1 aromatic heterocycles. The van der Waals surface area contributed by atoms with Crippen LogP contribution in [0.25, 0.3) is 11.4 Å². The van der Waals surface area contributed by atoms with Crippen molar-refractivity contribution in [1.29, 1.82) is 0 Å². The fourth-order valence-electron chi connectivity index (χ4n) is 3.18. The number of carbonyl (C=O) groups is 1. The number of rotatable bonds is 7. The van der Waals surface area contributed by atoms with Gasteiger partial charge in [-0.15, -0.1) is 10.2 Å². The Morgan fingerprint density at radius 1 is 1.15 bits per heavy atom. The van der Waals surface area contributed by atoms with Crippen molar-refractivity contribution in [1.82, 2.24) is 19.7 Å². The molecule has 142 valence electrons. The second-order valence-corrected chi connectivity index (χ2v) is 8.42. The van der Waals surface area contributed by atoms with E-state index in [2.05, 4.69) is 68.4 Å². The summed E-state index contributed by atoms with van der Waals surface area (Å²) in [5.41, 5.74) is 2.24. The van der Waals surface area contributed by atoms with E-state index in [1.165, 1.54) is 17.3 Å². The summed E-state index contributed by atoms with van der Waals surface area (Å²) in [4.78, 5) is 14.8. The molecule has 1 aromatic carbocycles. The van der Waals surface area contributed by atoms with E-state index in [0.29, 0.717) is 0 Å². The van der Waals surface area contributed by atoms with E-state index in [1.807, 2.05) is 24.0 Å². The molecule has 1 unspecified atom stereocenters. The number of hydrogen-bond donors (Lipinski definition) is 0. The van der Waals surface area contributed by atoms with Crippen molar-refractivity contribution in [3.8, 4) is 11.4 Å². The fraction of sp³-hybridized carbons (Fsp3) is 0.550. The van der Waals surface area contributed by atoms with Crippen LogP contribution in [-0.4, -0.2) is 42.9 Å². The van der Waals surface area contributed by atoms with Gasteiger partial charge in [-0.25, -0.2) is 0 Å². The van der Waals surface area contributed by atoms with Crippen LogP contribution in [-0.2, 0) is 11.3 Å². The number of carbonyl (C=O) groups excluding carboxylic acids is 1. The quantitative estimate of drug-likeness (QED) is 0.674. The van der Waals surface area contributed by atoms with E-state index < -0.39 is 0 Å². The third-order valence-corrected chi connectivity index (χ3v) is 5.37. The molecule has 0 saturated carbocycles. The molecule has 5 nitrogen and oxygen atoms in total. The maximum Gasteiger partial charge on any atom is 0.236 e. The van der Waals surface area contributed by atoms with Crippen molar-refractivity contribution in [2.75, 3.05) is 0 Å². The molecule has 1 heterocycles. The third-order valence-electron chi connectivity index (χ3n) is 4.31. The first-order valence-corrected chi connectivity index (χ1v) is 10.1. The van der Waals surface area contributed by atoms with Crippen molar-refractivity contribution < 1.29 is 4.79 Å². The van der Waals surface area contributed by atoms with Gasteiger partial charge in [0.2, 0.25) is 5.91 Å². The zero-order valence-corrected chi connectivity index (χ0v) is 17.7. The van der Waals surface area contributed by atoms with Crippen LogP contribution in [0.5, 0.6) is 0 Å². The van der Waals surface area contributed by atoms with Gasteiger partial charge in [0.05, 0.1) is 5.25 Å². The van der Waals surface area contributed by atoms with Crippen molar-refractivity contribution >= 4 is 17.7 Å². The zero-order chi connectivity index (χ0) is 19.4. The maximum absolute atomic E-state index is 12.9. The Kier molecular flexibility index (Phi) is 6.87. The number of benzene rings is 1. The molecule has 0 radical (unpaired) electrons. The van der Waals surface area contributed by atoms with Gasteiger partial charge in [0.1, 0.15) is 0 Å². The van der Waals surface area contributed by atoms with E-state index in [0.717, 1.165) is 23.1 Å². The van der Waals surface area contributed by atoms with E-state index in [-0.39, 0.29) is 23.2 Å². The highest BCUT2D eigenvalue weighted by atomic mass is 32.2. The van der Waals surface area contributed by atoms with E-state index in [4.69, 9.17) is 0 Å². The number of thioether (sulfide) groups is 1. The Balaban J connectivity index is 2.26. The van der Waals surface area contributed by atoms with Gasteiger partial charge in [-0.05, 0) is 54.5 Å². The molecule has 0 spiro atoms. The zero-order valence-electron chi connectivity index (χ0n) is 16.9. The summed E-state index contributed by atoms with van der Waals surface area (Å²) in [6, 6.07) is 8.61. The molecule has 1 atom stereocenters. The largest absolute Gasteiger partial charge is 0.337 e. The van der Waals surface area contributed by atoms with E-state index in [1.54, 1.807) is 0 Å². The van der Waals surface area contributed by atoms with Crippen LogP contribution in [0.1, 0.15) is 47.1 Å². The van der Waals surface area contributed by atoms with Crippen LogP contribution in [0, 0.1) is 6.92 Å². The van der Waals surface area contributed by atoms with Gasteiger partial charge in [0, 0.05) is 24.2 Å². The fourth-order valence-corrected chi connectivity index (χ4v) is 4.15. The van der Waals surface area contributed by atoms with Crippen LogP contribution < -0.4 is 0 Å². The maximum atomic E-state index is 12.9. The number of amides is 1. The molecule has 0 aliphatic heterocycles. The Labute approximate surface area is 161 Å². The first-order chi connectivity index (χ1) is 12.3. The lowest BCUT2D eigenvalue weighted by Gasteiger charge is -2.32. The highest BCUT2D eigenvalue weighted by Gasteiger charge is 2.27. The number of aryl methyl sites for hydroxylation is 1. The lowest BCUT2D eigenvalue weighted by atomic mass is 10.1.